The quantitative estimate of drug-likeness (QED) is 0.847. The van der Waals surface area contributed by atoms with Gasteiger partial charge in [0.25, 0.3) is 0 Å². The third-order valence-corrected chi connectivity index (χ3v) is 3.79. The Balaban J connectivity index is 1.84. The van der Waals surface area contributed by atoms with E-state index in [1.807, 2.05) is 17.9 Å². The molecule has 0 amide bonds. The highest BCUT2D eigenvalue weighted by molar-refractivity contribution is 4.94. The highest BCUT2D eigenvalue weighted by atomic mass is 15.4. The number of nitrogens with zero attached hydrogens (tertiary/aromatic N) is 3. The SMILES string of the molecule is CC1CCC(NCc2cnnn2C)C(C)C1. The average Bonchev–Trinajstić information content (AvgIpc) is 2.63. The Bertz CT molecular complexity index is 334. The van der Waals surface area contributed by atoms with Crippen LogP contribution in [0.1, 0.15) is 38.8 Å². The molecule has 1 aliphatic carbocycles. The fourth-order valence-corrected chi connectivity index (χ4v) is 2.68. The molecule has 0 aromatic carbocycles. The van der Waals surface area contributed by atoms with Gasteiger partial charge in [0.15, 0.2) is 0 Å². The van der Waals surface area contributed by atoms with Crippen molar-refractivity contribution in [2.75, 3.05) is 0 Å². The molecule has 90 valence electrons. The van der Waals surface area contributed by atoms with Crippen molar-refractivity contribution in [2.45, 2.75) is 45.7 Å². The summed E-state index contributed by atoms with van der Waals surface area (Å²) in [4.78, 5) is 0. The van der Waals surface area contributed by atoms with Crippen LogP contribution in [0.4, 0.5) is 0 Å². The van der Waals surface area contributed by atoms with Crippen LogP contribution in [-0.2, 0) is 13.6 Å². The van der Waals surface area contributed by atoms with Crippen LogP contribution in [0.5, 0.6) is 0 Å². The maximum Gasteiger partial charge on any atom is 0.0738 e. The van der Waals surface area contributed by atoms with E-state index in [9.17, 15) is 0 Å². The monoisotopic (exact) mass is 222 g/mol. The molecule has 1 aliphatic rings. The molecule has 0 saturated heterocycles. The van der Waals surface area contributed by atoms with Crippen LogP contribution < -0.4 is 5.32 Å². The molecule has 0 spiro atoms. The van der Waals surface area contributed by atoms with Gasteiger partial charge >= 0.3 is 0 Å². The lowest BCUT2D eigenvalue weighted by Gasteiger charge is -2.33. The summed E-state index contributed by atoms with van der Waals surface area (Å²) in [5.41, 5.74) is 1.16. The van der Waals surface area contributed by atoms with Gasteiger partial charge in [0, 0.05) is 19.6 Å². The fraction of sp³-hybridized carbons (Fsp3) is 0.833. The van der Waals surface area contributed by atoms with Crippen LogP contribution in [-0.4, -0.2) is 21.0 Å². The molecule has 1 N–H and O–H groups in total. The van der Waals surface area contributed by atoms with E-state index in [4.69, 9.17) is 0 Å². The Labute approximate surface area is 97.4 Å². The molecule has 0 aliphatic heterocycles. The highest BCUT2D eigenvalue weighted by Gasteiger charge is 2.24. The Morgan fingerprint density at radius 1 is 1.44 bits per heavy atom. The molecule has 1 fully saturated rings. The van der Waals surface area contributed by atoms with Gasteiger partial charge in [-0.2, -0.15) is 0 Å². The van der Waals surface area contributed by atoms with Gasteiger partial charge in [-0.05, 0) is 31.1 Å². The Morgan fingerprint density at radius 2 is 2.25 bits per heavy atom. The predicted molar refractivity (Wildman–Crippen MR) is 63.8 cm³/mol. The van der Waals surface area contributed by atoms with E-state index in [0.29, 0.717) is 6.04 Å². The minimum Gasteiger partial charge on any atom is -0.308 e. The third kappa shape index (κ3) is 2.61. The average molecular weight is 222 g/mol. The van der Waals surface area contributed by atoms with E-state index in [1.165, 1.54) is 19.3 Å². The summed E-state index contributed by atoms with van der Waals surface area (Å²) < 4.78 is 1.84. The zero-order valence-corrected chi connectivity index (χ0v) is 10.5. The molecule has 3 unspecified atom stereocenters. The first-order valence-corrected chi connectivity index (χ1v) is 6.23. The number of rotatable bonds is 3. The van der Waals surface area contributed by atoms with Crippen molar-refractivity contribution < 1.29 is 0 Å². The maximum atomic E-state index is 3.94. The Hall–Kier alpha value is -0.900. The lowest BCUT2D eigenvalue weighted by Crippen LogP contribution is -2.38. The van der Waals surface area contributed by atoms with E-state index in [0.717, 1.165) is 24.1 Å². The first-order valence-electron chi connectivity index (χ1n) is 6.23. The van der Waals surface area contributed by atoms with E-state index >= 15 is 0 Å². The summed E-state index contributed by atoms with van der Waals surface area (Å²) in [5, 5.41) is 11.5. The summed E-state index contributed by atoms with van der Waals surface area (Å²) in [6.45, 7) is 5.60. The minimum absolute atomic E-state index is 0.658. The molecule has 4 heteroatoms. The Morgan fingerprint density at radius 3 is 2.88 bits per heavy atom. The second kappa shape index (κ2) is 4.95. The van der Waals surface area contributed by atoms with Crippen LogP contribution >= 0.6 is 0 Å². The summed E-state index contributed by atoms with van der Waals surface area (Å²) in [5.74, 6) is 1.68. The molecule has 1 aromatic heterocycles. The predicted octanol–water partition coefficient (Wildman–Crippen LogP) is 1.73. The normalized spacial score (nSPS) is 30.6. The lowest BCUT2D eigenvalue weighted by atomic mass is 9.80. The molecular formula is C12H22N4. The smallest absolute Gasteiger partial charge is 0.0738 e. The molecular weight excluding hydrogens is 200 g/mol. The molecule has 2 rings (SSSR count). The number of aryl methyl sites for hydroxylation is 1. The molecule has 3 atom stereocenters. The van der Waals surface area contributed by atoms with Crippen molar-refractivity contribution in [3.8, 4) is 0 Å². The van der Waals surface area contributed by atoms with Gasteiger partial charge in [0.05, 0.1) is 11.9 Å². The molecule has 0 radical (unpaired) electrons. The third-order valence-electron chi connectivity index (χ3n) is 3.79. The van der Waals surface area contributed by atoms with Gasteiger partial charge in [0.2, 0.25) is 0 Å². The van der Waals surface area contributed by atoms with E-state index in [2.05, 4.69) is 29.5 Å². The van der Waals surface area contributed by atoms with Gasteiger partial charge in [-0.15, -0.1) is 5.10 Å². The summed E-state index contributed by atoms with van der Waals surface area (Å²) >= 11 is 0. The zero-order chi connectivity index (χ0) is 11.5. The van der Waals surface area contributed by atoms with Crippen molar-refractivity contribution in [3.63, 3.8) is 0 Å². The molecule has 1 saturated carbocycles. The molecule has 1 heterocycles. The molecule has 0 bridgehead atoms. The van der Waals surface area contributed by atoms with Crippen molar-refractivity contribution in [3.05, 3.63) is 11.9 Å². The highest BCUT2D eigenvalue weighted by Crippen LogP contribution is 2.28. The van der Waals surface area contributed by atoms with Crippen molar-refractivity contribution >= 4 is 0 Å². The number of hydrogen-bond acceptors (Lipinski definition) is 3. The zero-order valence-electron chi connectivity index (χ0n) is 10.5. The number of hydrogen-bond donors (Lipinski definition) is 1. The number of aromatic nitrogens is 3. The fourth-order valence-electron chi connectivity index (χ4n) is 2.68. The van der Waals surface area contributed by atoms with E-state index in [1.54, 1.807) is 0 Å². The van der Waals surface area contributed by atoms with E-state index in [-0.39, 0.29) is 0 Å². The van der Waals surface area contributed by atoms with Crippen LogP contribution in [0.2, 0.25) is 0 Å². The van der Waals surface area contributed by atoms with Crippen molar-refractivity contribution in [1.29, 1.82) is 0 Å². The second-order valence-electron chi connectivity index (χ2n) is 5.23. The van der Waals surface area contributed by atoms with Crippen LogP contribution in [0.3, 0.4) is 0 Å². The lowest BCUT2D eigenvalue weighted by molar-refractivity contribution is 0.226. The van der Waals surface area contributed by atoms with Crippen LogP contribution in [0.15, 0.2) is 6.20 Å². The topological polar surface area (TPSA) is 42.7 Å². The molecule has 1 aromatic rings. The standard InChI is InChI=1S/C12H22N4/c1-9-4-5-12(10(2)6-9)13-7-11-8-14-15-16(11)3/h8-10,12-13H,4-7H2,1-3H3. The van der Waals surface area contributed by atoms with Gasteiger partial charge in [-0.1, -0.05) is 19.1 Å². The minimum atomic E-state index is 0.658. The van der Waals surface area contributed by atoms with E-state index < -0.39 is 0 Å². The number of nitrogens with one attached hydrogen (secondary N) is 1. The molecule has 4 nitrogen and oxygen atoms in total. The largest absolute Gasteiger partial charge is 0.308 e. The summed E-state index contributed by atoms with van der Waals surface area (Å²) in [6.07, 6.45) is 5.84. The van der Waals surface area contributed by atoms with Gasteiger partial charge < -0.3 is 5.32 Å². The maximum absolute atomic E-state index is 3.94. The van der Waals surface area contributed by atoms with Gasteiger partial charge in [0.1, 0.15) is 0 Å². The van der Waals surface area contributed by atoms with Crippen molar-refractivity contribution in [1.82, 2.24) is 20.3 Å². The molecule has 16 heavy (non-hydrogen) atoms. The van der Waals surface area contributed by atoms with Crippen molar-refractivity contribution in [2.24, 2.45) is 18.9 Å². The van der Waals surface area contributed by atoms with Gasteiger partial charge in [-0.3, -0.25) is 4.68 Å². The first-order chi connectivity index (χ1) is 7.66. The van der Waals surface area contributed by atoms with Crippen LogP contribution in [0, 0.1) is 11.8 Å². The second-order valence-corrected chi connectivity index (χ2v) is 5.23. The first kappa shape index (κ1) is 11.6. The van der Waals surface area contributed by atoms with Crippen LogP contribution in [0.25, 0.3) is 0 Å². The Kier molecular flexibility index (Phi) is 3.59. The summed E-state index contributed by atoms with van der Waals surface area (Å²) in [6, 6.07) is 0.658. The summed E-state index contributed by atoms with van der Waals surface area (Å²) in [7, 11) is 1.94. The van der Waals surface area contributed by atoms with Gasteiger partial charge in [-0.25, -0.2) is 0 Å².